The predicted molar refractivity (Wildman–Crippen MR) is 133 cm³/mol. The summed E-state index contributed by atoms with van der Waals surface area (Å²) in [5.74, 6) is 0. The van der Waals surface area contributed by atoms with Crippen molar-refractivity contribution in [3.8, 4) is 0 Å². The summed E-state index contributed by atoms with van der Waals surface area (Å²) in [6, 6.07) is 37.1. The molecule has 0 saturated heterocycles. The number of hydrogen-bond acceptors (Lipinski definition) is 1. The van der Waals surface area contributed by atoms with Crippen LogP contribution >= 0.6 is 0 Å². The van der Waals surface area contributed by atoms with Gasteiger partial charge >= 0.3 is 6.85 Å². The minimum Gasteiger partial charge on any atom is -0.420 e. The van der Waals surface area contributed by atoms with E-state index < -0.39 is 0 Å². The fraction of sp³-hybridized carbons (Fsp3) is 0.0345. The molecule has 2 heterocycles. The largest absolute Gasteiger partial charge is 0.420 e. The predicted octanol–water partition coefficient (Wildman–Crippen LogP) is 6.21. The zero-order valence-electron chi connectivity index (χ0n) is 17.5. The van der Waals surface area contributed by atoms with E-state index in [0.717, 1.165) is 0 Å². The van der Waals surface area contributed by atoms with Gasteiger partial charge in [-0.25, -0.2) is 0 Å². The van der Waals surface area contributed by atoms with E-state index in [1.165, 1.54) is 55.6 Å². The molecule has 2 heteroatoms. The van der Waals surface area contributed by atoms with E-state index in [4.69, 9.17) is 0 Å². The molecule has 0 radical (unpaired) electrons. The van der Waals surface area contributed by atoms with Gasteiger partial charge in [0.05, 0.1) is 0 Å². The standard InChI is InChI=1S/C29H22BN/c1-20-16-17-25-24(18-20)28(21-10-4-2-5-11-21)29(22-12-6-3-7-13-22)26-19-23-14-8-9-15-27(23)31-30(25)26/h2-19,31H,1H3. The smallest absolute Gasteiger partial charge is 0.322 e. The highest BCUT2D eigenvalue weighted by Gasteiger charge is 2.37. The minimum absolute atomic E-state index is 0.133. The Morgan fingerprint density at radius 2 is 1.29 bits per heavy atom. The average Bonchev–Trinajstić information content (AvgIpc) is 2.83. The van der Waals surface area contributed by atoms with Crippen LogP contribution in [-0.4, -0.2) is 6.85 Å². The zero-order valence-corrected chi connectivity index (χ0v) is 17.5. The van der Waals surface area contributed by atoms with Gasteiger partial charge in [0.15, 0.2) is 0 Å². The molecule has 146 valence electrons. The number of nitrogens with one attached hydrogen (secondary N) is 1. The lowest BCUT2D eigenvalue weighted by Crippen LogP contribution is -2.47. The summed E-state index contributed by atoms with van der Waals surface area (Å²) < 4.78 is 0. The summed E-state index contributed by atoms with van der Waals surface area (Å²) in [5, 5.41) is 3.84. The van der Waals surface area contributed by atoms with Crippen molar-refractivity contribution in [2.75, 3.05) is 5.23 Å². The molecule has 1 nitrogen and oxygen atoms in total. The fourth-order valence-electron chi connectivity index (χ4n) is 4.94. The summed E-state index contributed by atoms with van der Waals surface area (Å²) in [5.41, 5.74) is 12.8. The second-order valence-corrected chi connectivity index (χ2v) is 8.34. The lowest BCUT2D eigenvalue weighted by molar-refractivity contribution is 1.44. The minimum atomic E-state index is 0.133. The molecular formula is C29H22BN. The molecule has 0 aromatic heterocycles. The van der Waals surface area contributed by atoms with E-state index in [1.807, 2.05) is 0 Å². The van der Waals surface area contributed by atoms with Crippen LogP contribution in [0.1, 0.15) is 27.8 Å². The Morgan fingerprint density at radius 1 is 0.645 bits per heavy atom. The zero-order chi connectivity index (χ0) is 20.8. The number of allylic oxidation sites excluding steroid dienone is 2. The highest BCUT2D eigenvalue weighted by Crippen LogP contribution is 2.43. The first kappa shape index (κ1) is 18.0. The lowest BCUT2D eigenvalue weighted by atomic mass is 9.42. The molecule has 2 aliphatic heterocycles. The molecule has 6 rings (SSSR count). The highest BCUT2D eigenvalue weighted by molar-refractivity contribution is 6.87. The fourth-order valence-corrected chi connectivity index (χ4v) is 4.94. The third-order valence-corrected chi connectivity index (χ3v) is 6.34. The van der Waals surface area contributed by atoms with E-state index in [1.54, 1.807) is 0 Å². The second kappa shape index (κ2) is 7.18. The van der Waals surface area contributed by atoms with Crippen LogP contribution in [0.4, 0.5) is 5.69 Å². The first-order valence-corrected chi connectivity index (χ1v) is 10.8. The van der Waals surface area contributed by atoms with Gasteiger partial charge in [-0.05, 0) is 57.3 Å². The SMILES string of the molecule is Cc1ccc2c(c1)C(c1ccccc1)=C(c1ccccc1)C1=Cc3ccccc3NB12. The summed E-state index contributed by atoms with van der Waals surface area (Å²) in [6.45, 7) is 2.31. The molecule has 2 aliphatic rings. The van der Waals surface area contributed by atoms with E-state index in [0.29, 0.717) is 0 Å². The number of para-hydroxylation sites is 1. The molecule has 0 bridgehead atoms. The molecule has 0 spiro atoms. The van der Waals surface area contributed by atoms with Crippen molar-refractivity contribution in [2.45, 2.75) is 6.92 Å². The van der Waals surface area contributed by atoms with E-state index >= 15 is 0 Å². The van der Waals surface area contributed by atoms with Crippen molar-refractivity contribution in [1.29, 1.82) is 0 Å². The summed E-state index contributed by atoms with van der Waals surface area (Å²) in [4.78, 5) is 0. The number of aryl methyl sites for hydroxylation is 1. The third-order valence-electron chi connectivity index (χ3n) is 6.34. The molecule has 1 N–H and O–H groups in total. The summed E-state index contributed by atoms with van der Waals surface area (Å²) in [7, 11) is 0. The van der Waals surface area contributed by atoms with Gasteiger partial charge in [0.25, 0.3) is 0 Å². The van der Waals surface area contributed by atoms with Gasteiger partial charge in [0, 0.05) is 5.69 Å². The van der Waals surface area contributed by atoms with Crippen LogP contribution in [-0.2, 0) is 0 Å². The molecule has 0 saturated carbocycles. The Bertz CT molecular complexity index is 1350. The van der Waals surface area contributed by atoms with Gasteiger partial charge < -0.3 is 5.23 Å². The number of benzene rings is 4. The summed E-state index contributed by atoms with van der Waals surface area (Å²) >= 11 is 0. The van der Waals surface area contributed by atoms with E-state index in [2.05, 4.69) is 121 Å². The first-order chi connectivity index (χ1) is 15.3. The maximum atomic E-state index is 3.84. The lowest BCUT2D eigenvalue weighted by Gasteiger charge is -2.35. The van der Waals surface area contributed by atoms with Gasteiger partial charge in [-0.15, -0.1) is 0 Å². The summed E-state index contributed by atoms with van der Waals surface area (Å²) in [6.07, 6.45) is 2.38. The quantitative estimate of drug-likeness (QED) is 0.398. The molecule has 0 amide bonds. The maximum Gasteiger partial charge on any atom is 0.322 e. The van der Waals surface area contributed by atoms with Crippen LogP contribution < -0.4 is 10.7 Å². The van der Waals surface area contributed by atoms with Crippen molar-refractivity contribution in [2.24, 2.45) is 0 Å². The van der Waals surface area contributed by atoms with Crippen LogP contribution in [0, 0.1) is 6.92 Å². The average molecular weight is 395 g/mol. The normalized spacial score (nSPS) is 14.2. The van der Waals surface area contributed by atoms with Gasteiger partial charge in [-0.2, -0.15) is 0 Å². The second-order valence-electron chi connectivity index (χ2n) is 8.34. The number of rotatable bonds is 2. The Labute approximate surface area is 183 Å². The molecule has 0 atom stereocenters. The highest BCUT2D eigenvalue weighted by atomic mass is 14.8. The van der Waals surface area contributed by atoms with Crippen LogP contribution in [0.2, 0.25) is 0 Å². The van der Waals surface area contributed by atoms with Gasteiger partial charge in [0.2, 0.25) is 0 Å². The Hall–Kier alpha value is -3.78. The molecule has 0 unspecified atom stereocenters. The molecule has 4 aromatic rings. The third kappa shape index (κ3) is 2.95. The number of fused-ring (bicyclic) bond motifs is 4. The molecule has 4 aromatic carbocycles. The van der Waals surface area contributed by atoms with E-state index in [-0.39, 0.29) is 6.85 Å². The van der Waals surface area contributed by atoms with Gasteiger partial charge in [-0.1, -0.05) is 109 Å². The first-order valence-electron chi connectivity index (χ1n) is 10.8. The van der Waals surface area contributed by atoms with Crippen molar-refractivity contribution >= 4 is 35.2 Å². The monoisotopic (exact) mass is 395 g/mol. The Kier molecular flexibility index (Phi) is 4.17. The molecule has 31 heavy (non-hydrogen) atoms. The molecule has 0 fully saturated rings. The maximum absolute atomic E-state index is 3.84. The van der Waals surface area contributed by atoms with Crippen LogP contribution in [0.3, 0.4) is 0 Å². The van der Waals surface area contributed by atoms with Crippen LogP contribution in [0.15, 0.2) is 109 Å². The molecular weight excluding hydrogens is 373 g/mol. The number of anilines is 1. The van der Waals surface area contributed by atoms with Gasteiger partial charge in [0.1, 0.15) is 0 Å². The van der Waals surface area contributed by atoms with Crippen LogP contribution in [0.25, 0.3) is 17.2 Å². The van der Waals surface area contributed by atoms with E-state index in [9.17, 15) is 0 Å². The van der Waals surface area contributed by atoms with Crippen molar-refractivity contribution in [3.05, 3.63) is 136 Å². The van der Waals surface area contributed by atoms with Crippen molar-refractivity contribution < 1.29 is 0 Å². The van der Waals surface area contributed by atoms with Crippen molar-refractivity contribution in [3.63, 3.8) is 0 Å². The Balaban J connectivity index is 1.75. The number of hydrogen-bond donors (Lipinski definition) is 1. The molecule has 0 aliphatic carbocycles. The topological polar surface area (TPSA) is 12.0 Å². The van der Waals surface area contributed by atoms with Crippen molar-refractivity contribution in [1.82, 2.24) is 0 Å². The van der Waals surface area contributed by atoms with Crippen LogP contribution in [0.5, 0.6) is 0 Å². The van der Waals surface area contributed by atoms with Gasteiger partial charge in [-0.3, -0.25) is 0 Å². The Morgan fingerprint density at radius 3 is 2.03 bits per heavy atom.